The van der Waals surface area contributed by atoms with Gasteiger partial charge in [-0.05, 0) is 54.4 Å². The number of rotatable bonds is 13. The minimum Gasteiger partial charge on any atom is -0.396 e. The van der Waals surface area contributed by atoms with Gasteiger partial charge < -0.3 is 24.4 Å². The van der Waals surface area contributed by atoms with E-state index in [2.05, 4.69) is 0 Å². The first-order valence-corrected chi connectivity index (χ1v) is 8.55. The zero-order chi connectivity index (χ0) is 17.2. The van der Waals surface area contributed by atoms with E-state index in [0.29, 0.717) is 6.42 Å². The summed E-state index contributed by atoms with van der Waals surface area (Å²) in [7, 11) is 0. The molecule has 0 aliphatic rings. The van der Waals surface area contributed by atoms with E-state index in [1.807, 2.05) is 41.5 Å². The molecule has 0 aromatic rings. The standard InChI is InChI=1S/C17H36O5.Ti/c1-13(2)20-16(11-9-7-8-10-12-18)17(19,21-14(3)4)22-15(5)6;/h13-16,18-19H,7-12H2,1-6H3;. The van der Waals surface area contributed by atoms with Gasteiger partial charge in [0.1, 0.15) is 6.10 Å². The van der Waals surface area contributed by atoms with Crippen molar-refractivity contribution in [1.29, 1.82) is 0 Å². The van der Waals surface area contributed by atoms with E-state index in [1.54, 1.807) is 0 Å². The van der Waals surface area contributed by atoms with Crippen molar-refractivity contribution < 1.29 is 46.1 Å². The monoisotopic (exact) mass is 368 g/mol. The minimum atomic E-state index is -1.73. The van der Waals surface area contributed by atoms with Gasteiger partial charge in [-0.2, -0.15) is 0 Å². The maximum Gasteiger partial charge on any atom is 0.308 e. The van der Waals surface area contributed by atoms with Gasteiger partial charge in [0.05, 0.1) is 18.3 Å². The largest absolute Gasteiger partial charge is 0.396 e. The molecule has 0 fully saturated rings. The number of aliphatic hydroxyl groups is 2. The summed E-state index contributed by atoms with van der Waals surface area (Å²) in [5.74, 6) is -1.73. The van der Waals surface area contributed by atoms with Crippen molar-refractivity contribution in [3.05, 3.63) is 0 Å². The number of hydrogen-bond donors (Lipinski definition) is 2. The molecular formula is C17H36O5Ti. The van der Waals surface area contributed by atoms with Crippen molar-refractivity contribution >= 4 is 0 Å². The van der Waals surface area contributed by atoms with Crippen LogP contribution in [0.3, 0.4) is 0 Å². The second-order valence-corrected chi connectivity index (χ2v) is 6.56. The fraction of sp³-hybridized carbons (Fsp3) is 1.00. The van der Waals surface area contributed by atoms with Crippen LogP contribution in [0, 0.1) is 0 Å². The predicted octanol–water partition coefficient (Wildman–Crippen LogP) is 3.22. The second-order valence-electron chi connectivity index (χ2n) is 6.56. The van der Waals surface area contributed by atoms with Crippen LogP contribution in [0.2, 0.25) is 0 Å². The Kier molecular flexibility index (Phi) is 15.4. The molecule has 0 rings (SSSR count). The Labute approximate surface area is 157 Å². The maximum absolute atomic E-state index is 10.9. The van der Waals surface area contributed by atoms with Crippen molar-refractivity contribution in [3.63, 3.8) is 0 Å². The molecule has 0 bridgehead atoms. The molecule has 1 unspecified atom stereocenters. The first-order valence-electron chi connectivity index (χ1n) is 8.55. The number of unbranched alkanes of at least 4 members (excludes halogenated alkanes) is 3. The Balaban J connectivity index is 0. The summed E-state index contributed by atoms with van der Waals surface area (Å²) in [5, 5.41) is 19.7. The van der Waals surface area contributed by atoms with Crippen LogP contribution < -0.4 is 0 Å². The van der Waals surface area contributed by atoms with Crippen LogP contribution in [0.1, 0.15) is 73.6 Å². The van der Waals surface area contributed by atoms with Gasteiger partial charge in [0.15, 0.2) is 0 Å². The van der Waals surface area contributed by atoms with Crippen LogP contribution in [0.25, 0.3) is 0 Å². The van der Waals surface area contributed by atoms with Gasteiger partial charge in [0.2, 0.25) is 0 Å². The van der Waals surface area contributed by atoms with Crippen LogP contribution in [0.4, 0.5) is 0 Å². The van der Waals surface area contributed by atoms with Gasteiger partial charge in [-0.1, -0.05) is 19.3 Å². The van der Waals surface area contributed by atoms with Crippen LogP contribution in [-0.2, 0) is 35.9 Å². The molecule has 1 atom stereocenters. The van der Waals surface area contributed by atoms with E-state index in [1.165, 1.54) is 0 Å². The van der Waals surface area contributed by atoms with Crippen molar-refractivity contribution in [3.8, 4) is 0 Å². The molecule has 0 aliphatic heterocycles. The van der Waals surface area contributed by atoms with E-state index in [-0.39, 0.29) is 46.6 Å². The minimum absolute atomic E-state index is 0. The summed E-state index contributed by atoms with van der Waals surface area (Å²) in [6.07, 6.45) is 3.41. The molecule has 2 N–H and O–H groups in total. The van der Waals surface area contributed by atoms with Gasteiger partial charge in [-0.25, -0.2) is 0 Å². The third kappa shape index (κ3) is 12.5. The van der Waals surface area contributed by atoms with Crippen molar-refractivity contribution in [2.75, 3.05) is 6.61 Å². The molecule has 0 aromatic carbocycles. The molecule has 0 spiro atoms. The van der Waals surface area contributed by atoms with E-state index < -0.39 is 12.1 Å². The van der Waals surface area contributed by atoms with Crippen molar-refractivity contribution in [1.82, 2.24) is 0 Å². The molecule has 0 heterocycles. The van der Waals surface area contributed by atoms with Gasteiger partial charge in [-0.15, -0.1) is 0 Å². The Morgan fingerprint density at radius 2 is 1.26 bits per heavy atom. The van der Waals surface area contributed by atoms with E-state index in [9.17, 15) is 5.11 Å². The molecule has 6 heteroatoms. The SMILES string of the molecule is CC(C)OC(CCCCCCO)C(O)(OC(C)C)OC(C)C.[Ti]. The van der Waals surface area contributed by atoms with Crippen LogP contribution >= 0.6 is 0 Å². The Morgan fingerprint density at radius 1 is 0.783 bits per heavy atom. The van der Waals surface area contributed by atoms with E-state index in [0.717, 1.165) is 25.7 Å². The fourth-order valence-corrected chi connectivity index (χ4v) is 2.32. The molecule has 0 aliphatic carbocycles. The fourth-order valence-electron chi connectivity index (χ4n) is 2.32. The topological polar surface area (TPSA) is 68.2 Å². The average Bonchev–Trinajstić information content (AvgIpc) is 2.34. The molecular weight excluding hydrogens is 332 g/mol. The molecule has 0 radical (unpaired) electrons. The van der Waals surface area contributed by atoms with Gasteiger partial charge in [0, 0.05) is 28.3 Å². The quantitative estimate of drug-likeness (QED) is 0.297. The molecule has 0 aromatic heterocycles. The third-order valence-electron chi connectivity index (χ3n) is 3.03. The summed E-state index contributed by atoms with van der Waals surface area (Å²) < 4.78 is 17.2. The Hall–Kier alpha value is 0.514. The molecule has 138 valence electrons. The Morgan fingerprint density at radius 3 is 1.65 bits per heavy atom. The predicted molar refractivity (Wildman–Crippen MR) is 87.6 cm³/mol. The summed E-state index contributed by atoms with van der Waals surface area (Å²) in [6.45, 7) is 11.5. The number of hydrogen-bond acceptors (Lipinski definition) is 5. The third-order valence-corrected chi connectivity index (χ3v) is 3.03. The number of ether oxygens (including phenoxy) is 3. The second kappa shape index (κ2) is 13.8. The average molecular weight is 368 g/mol. The smallest absolute Gasteiger partial charge is 0.308 e. The Bertz CT molecular complexity index is 262. The molecule has 5 nitrogen and oxygen atoms in total. The maximum atomic E-state index is 10.9. The summed E-state index contributed by atoms with van der Waals surface area (Å²) >= 11 is 0. The molecule has 0 saturated carbocycles. The van der Waals surface area contributed by atoms with Gasteiger partial charge in [0.25, 0.3) is 0 Å². The molecule has 23 heavy (non-hydrogen) atoms. The van der Waals surface area contributed by atoms with Crippen LogP contribution in [0.15, 0.2) is 0 Å². The summed E-state index contributed by atoms with van der Waals surface area (Å²) in [5.41, 5.74) is 0. The number of aliphatic hydroxyl groups excluding tert-OH is 1. The van der Waals surface area contributed by atoms with Crippen LogP contribution in [-0.4, -0.2) is 47.2 Å². The van der Waals surface area contributed by atoms with Crippen molar-refractivity contribution in [2.45, 2.75) is 104 Å². The first kappa shape index (κ1) is 25.8. The van der Waals surface area contributed by atoms with Gasteiger partial charge in [-0.3, -0.25) is 0 Å². The van der Waals surface area contributed by atoms with Gasteiger partial charge >= 0.3 is 5.97 Å². The summed E-state index contributed by atoms with van der Waals surface area (Å²) in [4.78, 5) is 0. The normalized spacial score (nSPS) is 13.7. The van der Waals surface area contributed by atoms with Crippen LogP contribution in [0.5, 0.6) is 0 Å². The van der Waals surface area contributed by atoms with Crippen molar-refractivity contribution in [2.24, 2.45) is 0 Å². The molecule has 0 amide bonds. The zero-order valence-electron chi connectivity index (χ0n) is 15.7. The van der Waals surface area contributed by atoms with E-state index in [4.69, 9.17) is 19.3 Å². The summed E-state index contributed by atoms with van der Waals surface area (Å²) in [6, 6.07) is 0. The molecule has 0 saturated heterocycles. The van der Waals surface area contributed by atoms with E-state index >= 15 is 0 Å². The first-order chi connectivity index (χ1) is 10.2. The zero-order valence-corrected chi connectivity index (χ0v) is 17.2.